The fourth-order valence-corrected chi connectivity index (χ4v) is 4.33. The van der Waals surface area contributed by atoms with Crippen molar-refractivity contribution in [2.75, 3.05) is 5.32 Å². The molecular formula is C27H21F2N7. The van der Waals surface area contributed by atoms with Crippen molar-refractivity contribution < 1.29 is 8.78 Å². The van der Waals surface area contributed by atoms with E-state index in [9.17, 15) is 4.39 Å². The Labute approximate surface area is 204 Å². The van der Waals surface area contributed by atoms with Crippen LogP contribution < -0.4 is 5.32 Å². The standard InChI is InChI=1S/C27H21F2N7/c1-14(2)32-17-9-16(12-30-13-17)15-10-19-23(21(29)11-15)35-36-25(19)27-33-22-7-8-31-24(26(22)34-27)18-5-3-4-6-20(18)28/h3-14,32H,1-2H3,(H,33,34)(H,35,36). The molecule has 0 aliphatic heterocycles. The molecule has 0 fully saturated rings. The summed E-state index contributed by atoms with van der Waals surface area (Å²) in [6.07, 6.45) is 5.02. The van der Waals surface area contributed by atoms with Crippen molar-refractivity contribution in [1.82, 2.24) is 30.1 Å². The van der Waals surface area contributed by atoms with Crippen molar-refractivity contribution >= 4 is 27.6 Å². The highest BCUT2D eigenvalue weighted by molar-refractivity contribution is 5.98. The number of aromatic amines is 2. The summed E-state index contributed by atoms with van der Waals surface area (Å²) in [5.74, 6) is -0.401. The molecule has 6 aromatic rings. The minimum atomic E-state index is -0.437. The summed E-state index contributed by atoms with van der Waals surface area (Å²) >= 11 is 0. The van der Waals surface area contributed by atoms with Gasteiger partial charge in [0.15, 0.2) is 5.82 Å². The molecule has 0 amide bonds. The van der Waals surface area contributed by atoms with Crippen LogP contribution in [0.3, 0.4) is 0 Å². The van der Waals surface area contributed by atoms with Crippen LogP contribution in [0, 0.1) is 11.6 Å². The summed E-state index contributed by atoms with van der Waals surface area (Å²) in [5.41, 5.74) is 4.93. The number of pyridine rings is 2. The first-order valence-electron chi connectivity index (χ1n) is 11.5. The lowest BCUT2D eigenvalue weighted by atomic mass is 10.0. The molecule has 9 heteroatoms. The van der Waals surface area contributed by atoms with Crippen LogP contribution in [0.25, 0.3) is 55.8 Å². The molecule has 2 aromatic carbocycles. The highest BCUT2D eigenvalue weighted by atomic mass is 19.1. The van der Waals surface area contributed by atoms with Crippen LogP contribution >= 0.6 is 0 Å². The number of anilines is 1. The maximum absolute atomic E-state index is 15.1. The summed E-state index contributed by atoms with van der Waals surface area (Å²) in [6.45, 7) is 4.08. The Morgan fingerprint density at radius 1 is 0.917 bits per heavy atom. The number of nitrogens with one attached hydrogen (secondary N) is 3. The molecule has 0 aliphatic rings. The Morgan fingerprint density at radius 2 is 1.78 bits per heavy atom. The van der Waals surface area contributed by atoms with E-state index in [4.69, 9.17) is 0 Å². The van der Waals surface area contributed by atoms with Gasteiger partial charge in [0.1, 0.15) is 34.1 Å². The average Bonchev–Trinajstić information content (AvgIpc) is 3.48. The Balaban J connectivity index is 1.49. The van der Waals surface area contributed by atoms with Crippen LogP contribution in [-0.2, 0) is 0 Å². The molecule has 6 rings (SSSR count). The lowest BCUT2D eigenvalue weighted by Gasteiger charge is -2.11. The van der Waals surface area contributed by atoms with E-state index in [0.717, 1.165) is 11.3 Å². The number of halogens is 2. The predicted molar refractivity (Wildman–Crippen MR) is 136 cm³/mol. The minimum Gasteiger partial charge on any atom is -0.382 e. The third-order valence-electron chi connectivity index (χ3n) is 5.91. The van der Waals surface area contributed by atoms with Gasteiger partial charge in [-0.3, -0.25) is 15.1 Å². The molecule has 0 atom stereocenters. The first kappa shape index (κ1) is 21.8. The number of benzene rings is 2. The summed E-state index contributed by atoms with van der Waals surface area (Å²) < 4.78 is 29.6. The normalized spacial score (nSPS) is 11.6. The Hall–Kier alpha value is -4.66. The van der Waals surface area contributed by atoms with Gasteiger partial charge in [-0.15, -0.1) is 0 Å². The topological polar surface area (TPSA) is 95.2 Å². The van der Waals surface area contributed by atoms with Gasteiger partial charge >= 0.3 is 0 Å². The predicted octanol–water partition coefficient (Wildman–Crippen LogP) is 6.33. The highest BCUT2D eigenvalue weighted by Crippen LogP contribution is 2.34. The van der Waals surface area contributed by atoms with Gasteiger partial charge in [-0.2, -0.15) is 5.10 Å². The zero-order chi connectivity index (χ0) is 24.8. The zero-order valence-electron chi connectivity index (χ0n) is 19.5. The van der Waals surface area contributed by atoms with Crippen molar-refractivity contribution in [2.45, 2.75) is 19.9 Å². The van der Waals surface area contributed by atoms with E-state index >= 15 is 4.39 Å². The van der Waals surface area contributed by atoms with Gasteiger partial charge in [-0.05, 0) is 55.8 Å². The number of fused-ring (bicyclic) bond motifs is 2. The summed E-state index contributed by atoms with van der Waals surface area (Å²) in [4.78, 5) is 16.6. The third kappa shape index (κ3) is 3.74. The van der Waals surface area contributed by atoms with Crippen LogP contribution in [-0.4, -0.2) is 36.2 Å². The molecule has 0 unspecified atom stereocenters. The van der Waals surface area contributed by atoms with Crippen LogP contribution in [0.1, 0.15) is 13.8 Å². The molecule has 178 valence electrons. The van der Waals surface area contributed by atoms with Gasteiger partial charge in [0.25, 0.3) is 0 Å². The highest BCUT2D eigenvalue weighted by Gasteiger charge is 2.19. The molecule has 0 saturated carbocycles. The van der Waals surface area contributed by atoms with Gasteiger partial charge in [0.2, 0.25) is 0 Å². The molecule has 7 nitrogen and oxygen atoms in total. The maximum Gasteiger partial charge on any atom is 0.159 e. The van der Waals surface area contributed by atoms with Gasteiger partial charge in [0, 0.05) is 41.1 Å². The van der Waals surface area contributed by atoms with Crippen LogP contribution in [0.2, 0.25) is 0 Å². The number of hydrogen-bond acceptors (Lipinski definition) is 5. The lowest BCUT2D eigenvalue weighted by Crippen LogP contribution is -2.09. The Kier molecular flexibility index (Phi) is 5.18. The molecule has 0 spiro atoms. The number of aromatic nitrogens is 6. The van der Waals surface area contributed by atoms with E-state index in [2.05, 4.69) is 35.5 Å². The van der Waals surface area contributed by atoms with Gasteiger partial charge in [0.05, 0.1) is 11.2 Å². The monoisotopic (exact) mass is 481 g/mol. The van der Waals surface area contributed by atoms with Gasteiger partial charge < -0.3 is 10.3 Å². The van der Waals surface area contributed by atoms with E-state index < -0.39 is 5.82 Å². The van der Waals surface area contributed by atoms with Crippen LogP contribution in [0.5, 0.6) is 0 Å². The molecule has 4 aromatic heterocycles. The quantitative estimate of drug-likeness (QED) is 0.268. The number of H-pyrrole nitrogens is 2. The number of hydrogen-bond donors (Lipinski definition) is 3. The van der Waals surface area contributed by atoms with Crippen molar-refractivity contribution in [2.24, 2.45) is 0 Å². The number of rotatable bonds is 5. The summed E-state index contributed by atoms with van der Waals surface area (Å²) in [6, 6.07) is 13.7. The van der Waals surface area contributed by atoms with E-state index in [0.29, 0.717) is 44.8 Å². The van der Waals surface area contributed by atoms with Gasteiger partial charge in [-0.25, -0.2) is 13.8 Å². The summed E-state index contributed by atoms with van der Waals surface area (Å²) in [7, 11) is 0. The zero-order valence-corrected chi connectivity index (χ0v) is 19.5. The lowest BCUT2D eigenvalue weighted by molar-refractivity contribution is 0.631. The maximum atomic E-state index is 15.1. The van der Waals surface area contributed by atoms with Crippen molar-refractivity contribution in [3.8, 4) is 33.9 Å². The van der Waals surface area contributed by atoms with Crippen LogP contribution in [0.15, 0.2) is 67.1 Å². The molecule has 0 radical (unpaired) electrons. The second kappa shape index (κ2) is 8.53. The first-order chi connectivity index (χ1) is 17.5. The average molecular weight is 482 g/mol. The van der Waals surface area contributed by atoms with Crippen molar-refractivity contribution in [1.29, 1.82) is 0 Å². The fraction of sp³-hybridized carbons (Fsp3) is 0.111. The second-order valence-corrected chi connectivity index (χ2v) is 8.84. The molecular weight excluding hydrogens is 460 g/mol. The first-order valence-corrected chi connectivity index (χ1v) is 11.5. The minimum absolute atomic E-state index is 0.235. The summed E-state index contributed by atoms with van der Waals surface area (Å²) in [5, 5.41) is 11.0. The van der Waals surface area contributed by atoms with Crippen molar-refractivity contribution in [3.63, 3.8) is 0 Å². The van der Waals surface area contributed by atoms with E-state index in [-0.39, 0.29) is 17.4 Å². The number of nitrogens with zero attached hydrogens (tertiary/aromatic N) is 4. The molecule has 4 heterocycles. The van der Waals surface area contributed by atoms with Crippen molar-refractivity contribution in [3.05, 3.63) is 78.8 Å². The largest absolute Gasteiger partial charge is 0.382 e. The smallest absolute Gasteiger partial charge is 0.159 e. The molecule has 0 aliphatic carbocycles. The molecule has 36 heavy (non-hydrogen) atoms. The van der Waals surface area contributed by atoms with E-state index in [1.54, 1.807) is 42.9 Å². The van der Waals surface area contributed by atoms with E-state index in [1.165, 1.54) is 12.1 Å². The molecule has 3 N–H and O–H groups in total. The number of imidazole rings is 1. The third-order valence-corrected chi connectivity index (χ3v) is 5.91. The molecule has 0 saturated heterocycles. The molecule has 0 bridgehead atoms. The van der Waals surface area contributed by atoms with Crippen LogP contribution in [0.4, 0.5) is 14.5 Å². The van der Waals surface area contributed by atoms with E-state index in [1.807, 2.05) is 26.0 Å². The fourth-order valence-electron chi connectivity index (χ4n) is 4.33. The van der Waals surface area contributed by atoms with Gasteiger partial charge in [-0.1, -0.05) is 12.1 Å². The Morgan fingerprint density at radius 3 is 2.61 bits per heavy atom. The second-order valence-electron chi connectivity index (χ2n) is 8.84. The Bertz CT molecular complexity index is 1740. The SMILES string of the molecule is CC(C)Nc1cncc(-c2cc(F)c3[nH]nc(-c4nc5c(-c6ccccc6F)nccc5[nH]4)c3c2)c1.